The minimum absolute atomic E-state index is 0.0592. The molecule has 4 heteroatoms. The molecule has 0 bridgehead atoms. The van der Waals surface area contributed by atoms with Gasteiger partial charge in [-0.2, -0.15) is 0 Å². The molecule has 0 fully saturated rings. The molecule has 1 N–H and O–H groups in total. The number of Topliss-reactive ketones (excluding diaryl/α,β-unsaturated/α-hetero) is 1. The van der Waals surface area contributed by atoms with E-state index in [1.54, 1.807) is 36.4 Å². The first-order valence-electron chi connectivity index (χ1n) is 5.78. The molecule has 0 saturated carbocycles. The van der Waals surface area contributed by atoms with Crippen LogP contribution in [0.5, 0.6) is 5.75 Å². The summed E-state index contributed by atoms with van der Waals surface area (Å²) in [4.78, 5) is 11.9. The van der Waals surface area contributed by atoms with Crippen LogP contribution in [0.2, 0.25) is 10.0 Å². The lowest BCUT2D eigenvalue weighted by atomic mass is 10.0. The fourth-order valence-corrected chi connectivity index (χ4v) is 2.15. The van der Waals surface area contributed by atoms with Gasteiger partial charge in [-0.15, -0.1) is 0 Å². The molecule has 0 atom stereocenters. The van der Waals surface area contributed by atoms with E-state index in [-0.39, 0.29) is 18.0 Å². The zero-order valence-electron chi connectivity index (χ0n) is 10.1. The van der Waals surface area contributed by atoms with Crippen molar-refractivity contribution in [3.63, 3.8) is 0 Å². The molecular weight excluding hydrogens is 283 g/mol. The van der Waals surface area contributed by atoms with Crippen LogP contribution in [0.3, 0.4) is 0 Å². The lowest BCUT2D eigenvalue weighted by Crippen LogP contribution is -2.06. The molecule has 19 heavy (non-hydrogen) atoms. The van der Waals surface area contributed by atoms with Gasteiger partial charge < -0.3 is 5.11 Å². The number of rotatable bonds is 4. The largest absolute Gasteiger partial charge is 0.508 e. The lowest BCUT2D eigenvalue weighted by Gasteiger charge is -2.04. The Morgan fingerprint density at radius 2 is 1.63 bits per heavy atom. The van der Waals surface area contributed by atoms with Crippen molar-refractivity contribution in [2.45, 2.75) is 12.8 Å². The Morgan fingerprint density at radius 3 is 2.26 bits per heavy atom. The highest BCUT2D eigenvalue weighted by Crippen LogP contribution is 2.23. The highest BCUT2D eigenvalue weighted by molar-refractivity contribution is 6.42. The number of phenols is 1. The Kier molecular flexibility index (Phi) is 4.46. The Bertz CT molecular complexity index is 609. The summed E-state index contributed by atoms with van der Waals surface area (Å²) in [5.41, 5.74) is 1.63. The van der Waals surface area contributed by atoms with E-state index in [1.807, 2.05) is 6.07 Å². The molecule has 98 valence electrons. The fraction of sp³-hybridized carbons (Fsp3) is 0.133. The van der Waals surface area contributed by atoms with Gasteiger partial charge in [0.2, 0.25) is 0 Å². The number of phenolic OH excluding ortho intramolecular Hbond substituents is 1. The average molecular weight is 295 g/mol. The first-order valence-corrected chi connectivity index (χ1v) is 6.54. The monoisotopic (exact) mass is 294 g/mol. The van der Waals surface area contributed by atoms with E-state index in [1.165, 1.54) is 0 Å². The van der Waals surface area contributed by atoms with E-state index >= 15 is 0 Å². The molecule has 0 aliphatic rings. The fourth-order valence-electron chi connectivity index (χ4n) is 1.83. The van der Waals surface area contributed by atoms with Gasteiger partial charge in [-0.3, -0.25) is 4.79 Å². The molecule has 2 rings (SSSR count). The van der Waals surface area contributed by atoms with Gasteiger partial charge in [-0.05, 0) is 35.4 Å². The minimum Gasteiger partial charge on any atom is -0.508 e. The topological polar surface area (TPSA) is 37.3 Å². The second-order valence-electron chi connectivity index (χ2n) is 4.31. The maximum absolute atomic E-state index is 11.9. The number of aromatic hydroxyl groups is 1. The number of halogens is 2. The molecular formula is C15H12Cl2O2. The summed E-state index contributed by atoms with van der Waals surface area (Å²) in [6, 6.07) is 11.9. The molecule has 0 spiro atoms. The standard InChI is InChI=1S/C15H12Cl2O2/c16-14-5-4-11(9-15(14)17)8-13(19)7-10-2-1-3-12(18)6-10/h1-6,9,18H,7-8H2. The first kappa shape index (κ1) is 13.9. The minimum atomic E-state index is 0.0592. The zero-order chi connectivity index (χ0) is 13.8. The second kappa shape index (κ2) is 6.09. The van der Waals surface area contributed by atoms with Crippen molar-refractivity contribution < 1.29 is 9.90 Å². The normalized spacial score (nSPS) is 10.4. The predicted octanol–water partition coefficient (Wildman–Crippen LogP) is 4.05. The van der Waals surface area contributed by atoms with Gasteiger partial charge >= 0.3 is 0 Å². The molecule has 0 aliphatic carbocycles. The summed E-state index contributed by atoms with van der Waals surface area (Å²) in [5, 5.41) is 10.3. The second-order valence-corrected chi connectivity index (χ2v) is 5.12. The van der Waals surface area contributed by atoms with E-state index in [4.69, 9.17) is 23.2 Å². The Balaban J connectivity index is 2.03. The van der Waals surface area contributed by atoms with Crippen molar-refractivity contribution in [1.29, 1.82) is 0 Å². The van der Waals surface area contributed by atoms with Gasteiger partial charge in [0.05, 0.1) is 10.0 Å². The van der Waals surface area contributed by atoms with Gasteiger partial charge in [0.25, 0.3) is 0 Å². The number of hydrogen-bond donors (Lipinski definition) is 1. The van der Waals surface area contributed by atoms with Crippen molar-refractivity contribution in [2.24, 2.45) is 0 Å². The quantitative estimate of drug-likeness (QED) is 0.923. The maximum atomic E-state index is 11.9. The summed E-state index contributed by atoms with van der Waals surface area (Å²) >= 11 is 11.7. The van der Waals surface area contributed by atoms with Gasteiger partial charge in [-0.25, -0.2) is 0 Å². The van der Waals surface area contributed by atoms with Crippen molar-refractivity contribution in [3.8, 4) is 5.75 Å². The van der Waals surface area contributed by atoms with Gasteiger partial charge in [0.15, 0.2) is 0 Å². The van der Waals surface area contributed by atoms with E-state index in [0.717, 1.165) is 11.1 Å². The summed E-state index contributed by atoms with van der Waals surface area (Å²) in [6.07, 6.45) is 0.585. The molecule has 0 aliphatic heterocycles. The highest BCUT2D eigenvalue weighted by atomic mass is 35.5. The Hall–Kier alpha value is -1.51. The highest BCUT2D eigenvalue weighted by Gasteiger charge is 2.07. The molecule has 0 saturated heterocycles. The van der Waals surface area contributed by atoms with Crippen molar-refractivity contribution in [1.82, 2.24) is 0 Å². The van der Waals surface area contributed by atoms with Crippen LogP contribution in [0.25, 0.3) is 0 Å². The molecule has 0 unspecified atom stereocenters. The van der Waals surface area contributed by atoms with Crippen LogP contribution in [-0.4, -0.2) is 10.9 Å². The third kappa shape index (κ3) is 3.98. The lowest BCUT2D eigenvalue weighted by molar-refractivity contribution is -0.117. The molecule has 2 aromatic carbocycles. The maximum Gasteiger partial charge on any atom is 0.141 e. The molecule has 0 heterocycles. The van der Waals surface area contributed by atoms with Gasteiger partial charge in [0, 0.05) is 12.8 Å². The summed E-state index contributed by atoms with van der Waals surface area (Å²) in [5.74, 6) is 0.226. The van der Waals surface area contributed by atoms with Gasteiger partial charge in [0.1, 0.15) is 11.5 Å². The van der Waals surface area contributed by atoms with Crippen LogP contribution in [0.1, 0.15) is 11.1 Å². The predicted molar refractivity (Wildman–Crippen MR) is 77.0 cm³/mol. The van der Waals surface area contributed by atoms with Crippen LogP contribution in [0.15, 0.2) is 42.5 Å². The number of carbonyl (C=O) groups excluding carboxylic acids is 1. The van der Waals surface area contributed by atoms with Crippen LogP contribution in [-0.2, 0) is 17.6 Å². The third-order valence-electron chi connectivity index (χ3n) is 2.70. The van der Waals surface area contributed by atoms with Crippen molar-refractivity contribution in [2.75, 3.05) is 0 Å². The summed E-state index contributed by atoms with van der Waals surface area (Å²) in [6.45, 7) is 0. The Labute approximate surface area is 121 Å². The average Bonchev–Trinajstić information content (AvgIpc) is 2.34. The van der Waals surface area contributed by atoms with Gasteiger partial charge in [-0.1, -0.05) is 41.4 Å². The summed E-state index contributed by atoms with van der Waals surface area (Å²) < 4.78 is 0. The van der Waals surface area contributed by atoms with Crippen LogP contribution in [0.4, 0.5) is 0 Å². The molecule has 0 aromatic heterocycles. The van der Waals surface area contributed by atoms with Crippen molar-refractivity contribution in [3.05, 3.63) is 63.6 Å². The van der Waals surface area contributed by atoms with E-state index in [0.29, 0.717) is 16.5 Å². The first-order chi connectivity index (χ1) is 9.04. The van der Waals surface area contributed by atoms with E-state index in [2.05, 4.69) is 0 Å². The third-order valence-corrected chi connectivity index (χ3v) is 3.44. The summed E-state index contributed by atoms with van der Waals surface area (Å²) in [7, 11) is 0. The zero-order valence-corrected chi connectivity index (χ0v) is 11.6. The van der Waals surface area contributed by atoms with Crippen LogP contribution < -0.4 is 0 Å². The molecule has 2 aromatic rings. The number of carbonyl (C=O) groups is 1. The van der Waals surface area contributed by atoms with Crippen molar-refractivity contribution >= 4 is 29.0 Å². The SMILES string of the molecule is O=C(Cc1cccc(O)c1)Cc1ccc(Cl)c(Cl)c1. The number of ketones is 1. The number of hydrogen-bond acceptors (Lipinski definition) is 2. The number of benzene rings is 2. The molecule has 0 radical (unpaired) electrons. The molecule has 2 nitrogen and oxygen atoms in total. The smallest absolute Gasteiger partial charge is 0.141 e. The van der Waals surface area contributed by atoms with Crippen LogP contribution in [0, 0.1) is 0 Å². The Morgan fingerprint density at radius 1 is 0.947 bits per heavy atom. The van der Waals surface area contributed by atoms with Crippen LogP contribution >= 0.6 is 23.2 Å². The van der Waals surface area contributed by atoms with E-state index < -0.39 is 0 Å². The van der Waals surface area contributed by atoms with E-state index in [9.17, 15) is 9.90 Å². The molecule has 0 amide bonds.